The molecular weight excluding hydrogens is 526 g/mol. The van der Waals surface area contributed by atoms with Gasteiger partial charge in [0, 0.05) is 29.6 Å². The maximum absolute atomic E-state index is 11.8. The van der Waals surface area contributed by atoms with E-state index < -0.39 is 21.0 Å². The number of benzene rings is 2. The molecule has 2 N–H and O–H groups in total. The highest BCUT2D eigenvalue weighted by molar-refractivity contribution is 7.92. The summed E-state index contributed by atoms with van der Waals surface area (Å²) >= 11 is 5.75. The summed E-state index contributed by atoms with van der Waals surface area (Å²) in [7, 11) is -3.44. The van der Waals surface area contributed by atoms with E-state index in [1.54, 1.807) is 36.5 Å². The quantitative estimate of drug-likeness (QED) is 0.183. The molecule has 1 aliphatic heterocycles. The van der Waals surface area contributed by atoms with Crippen LogP contribution in [0, 0.1) is 17.0 Å². The molecule has 3 heterocycles. The Kier molecular flexibility index (Phi) is 6.59. The van der Waals surface area contributed by atoms with Gasteiger partial charge in [-0.25, -0.2) is 8.42 Å². The molecule has 1 aliphatic rings. The van der Waals surface area contributed by atoms with Gasteiger partial charge < -0.3 is 14.6 Å². The van der Waals surface area contributed by atoms with Crippen LogP contribution in [-0.2, 0) is 10.0 Å². The van der Waals surface area contributed by atoms with Gasteiger partial charge in [0.15, 0.2) is 5.11 Å². The number of pyridine rings is 1. The van der Waals surface area contributed by atoms with E-state index in [2.05, 4.69) is 15.0 Å². The number of hydrogen-bond donors (Lipinski definition) is 2. The van der Waals surface area contributed by atoms with Gasteiger partial charge in [0.05, 0.1) is 28.6 Å². The number of sulfonamides is 1. The summed E-state index contributed by atoms with van der Waals surface area (Å²) in [4.78, 5) is 17.2. The van der Waals surface area contributed by atoms with Crippen LogP contribution in [-0.4, -0.2) is 29.7 Å². The molecule has 0 amide bonds. The lowest BCUT2D eigenvalue weighted by Crippen LogP contribution is -2.29. The highest BCUT2D eigenvalue weighted by Crippen LogP contribution is 2.43. The van der Waals surface area contributed by atoms with Gasteiger partial charge in [-0.3, -0.25) is 19.8 Å². The summed E-state index contributed by atoms with van der Waals surface area (Å²) < 4.78 is 32.3. The number of furan rings is 1. The minimum absolute atomic E-state index is 0.0320. The van der Waals surface area contributed by atoms with Gasteiger partial charge in [0.2, 0.25) is 10.0 Å². The molecule has 10 nitrogen and oxygen atoms in total. The molecule has 0 unspecified atom stereocenters. The lowest BCUT2D eigenvalue weighted by atomic mass is 10.0. The number of anilines is 2. The maximum atomic E-state index is 11.8. The molecule has 0 bridgehead atoms. The number of nitrogens with one attached hydrogen (secondary N) is 2. The largest absolute Gasteiger partial charge is 0.459 e. The summed E-state index contributed by atoms with van der Waals surface area (Å²) in [5.41, 5.74) is 3.21. The monoisotopic (exact) mass is 549 g/mol. The van der Waals surface area contributed by atoms with E-state index in [0.717, 1.165) is 17.6 Å². The van der Waals surface area contributed by atoms with Crippen LogP contribution in [0.15, 0.2) is 83.4 Å². The predicted molar refractivity (Wildman–Crippen MR) is 148 cm³/mol. The minimum atomic E-state index is -3.44. The third-order valence-corrected chi connectivity index (χ3v) is 7.05. The first-order chi connectivity index (χ1) is 18.1. The molecule has 4 aromatic rings. The number of nitro benzene ring substituents is 1. The van der Waals surface area contributed by atoms with E-state index in [0.29, 0.717) is 33.4 Å². The summed E-state index contributed by atoms with van der Waals surface area (Å²) in [5, 5.41) is 15.1. The summed E-state index contributed by atoms with van der Waals surface area (Å²) in [6.45, 7) is 1.81. The van der Waals surface area contributed by atoms with Crippen molar-refractivity contribution in [3.8, 4) is 11.3 Å². The SMILES string of the molecule is Cc1cc(N2C(=S)N[C@H](c3ccccn3)[C@@H]2c2ccc(-c3cccc([N+](=O)[O-])c3)o2)ccc1NS(C)(=O)=O. The summed E-state index contributed by atoms with van der Waals surface area (Å²) in [5.74, 6) is 1.05. The molecule has 0 saturated carbocycles. The van der Waals surface area contributed by atoms with E-state index in [4.69, 9.17) is 16.6 Å². The second kappa shape index (κ2) is 9.88. The van der Waals surface area contributed by atoms with Gasteiger partial charge in [-0.2, -0.15) is 0 Å². The Hall–Kier alpha value is -4.29. The number of rotatable bonds is 7. The molecule has 38 heavy (non-hydrogen) atoms. The molecule has 2 atom stereocenters. The Balaban J connectivity index is 1.58. The van der Waals surface area contributed by atoms with Crippen molar-refractivity contribution >= 4 is 44.4 Å². The zero-order valence-electron chi connectivity index (χ0n) is 20.4. The molecule has 1 fully saturated rings. The molecule has 0 spiro atoms. The Bertz CT molecular complexity index is 1640. The second-order valence-electron chi connectivity index (χ2n) is 8.88. The summed E-state index contributed by atoms with van der Waals surface area (Å²) in [6.07, 6.45) is 2.80. The Morgan fingerprint density at radius 2 is 1.92 bits per heavy atom. The molecule has 2 aromatic carbocycles. The van der Waals surface area contributed by atoms with E-state index >= 15 is 0 Å². The van der Waals surface area contributed by atoms with Crippen LogP contribution in [0.5, 0.6) is 0 Å². The lowest BCUT2D eigenvalue weighted by Gasteiger charge is -2.26. The van der Waals surface area contributed by atoms with E-state index in [-0.39, 0.29) is 11.7 Å². The van der Waals surface area contributed by atoms with Crippen molar-refractivity contribution in [1.29, 1.82) is 0 Å². The first kappa shape index (κ1) is 25.4. The Morgan fingerprint density at radius 3 is 2.61 bits per heavy atom. The molecule has 194 valence electrons. The average Bonchev–Trinajstić information content (AvgIpc) is 3.50. The highest BCUT2D eigenvalue weighted by atomic mass is 32.2. The fraction of sp³-hybridized carbons (Fsp3) is 0.154. The van der Waals surface area contributed by atoms with Crippen LogP contribution in [0.1, 0.15) is 29.1 Å². The standard InChI is InChI=1S/C26H23N5O5S2/c1-16-14-18(9-10-20(16)29-38(2,34)35)30-25(24(28-26(30)37)21-8-3-4-13-27-21)23-12-11-22(36-23)17-6-5-7-19(15-17)31(32)33/h3-15,24-25,29H,1-2H3,(H,28,37)/t24-,25+/m1/s1. The number of non-ortho nitro benzene ring substituents is 1. The number of nitrogens with zero attached hydrogens (tertiary/aromatic N) is 3. The second-order valence-corrected chi connectivity index (χ2v) is 11.0. The first-order valence-corrected chi connectivity index (χ1v) is 13.8. The predicted octanol–water partition coefficient (Wildman–Crippen LogP) is 5.11. The van der Waals surface area contributed by atoms with Gasteiger partial charge in [-0.1, -0.05) is 18.2 Å². The van der Waals surface area contributed by atoms with Crippen LogP contribution in [0.3, 0.4) is 0 Å². The molecule has 2 aromatic heterocycles. The van der Waals surface area contributed by atoms with Gasteiger partial charge in [0.1, 0.15) is 17.6 Å². The number of aryl methyl sites for hydroxylation is 1. The van der Waals surface area contributed by atoms with Crippen LogP contribution in [0.25, 0.3) is 11.3 Å². The molecule has 0 radical (unpaired) electrons. The van der Waals surface area contributed by atoms with Gasteiger partial charge >= 0.3 is 0 Å². The van der Waals surface area contributed by atoms with Crippen LogP contribution in [0.2, 0.25) is 0 Å². The Labute approximate surface area is 224 Å². The van der Waals surface area contributed by atoms with Crippen molar-refractivity contribution < 1.29 is 17.8 Å². The molecular formula is C26H23N5O5S2. The highest BCUT2D eigenvalue weighted by Gasteiger charge is 2.42. The molecule has 12 heteroatoms. The van der Waals surface area contributed by atoms with Crippen molar-refractivity contribution in [3.05, 3.63) is 106 Å². The third kappa shape index (κ3) is 5.08. The summed E-state index contributed by atoms with van der Waals surface area (Å²) in [6, 6.07) is 20.0. The number of aromatic nitrogens is 1. The van der Waals surface area contributed by atoms with Crippen LogP contribution in [0.4, 0.5) is 17.1 Å². The van der Waals surface area contributed by atoms with Crippen molar-refractivity contribution in [3.63, 3.8) is 0 Å². The van der Waals surface area contributed by atoms with Crippen molar-refractivity contribution in [2.24, 2.45) is 0 Å². The zero-order chi connectivity index (χ0) is 27.0. The molecule has 1 saturated heterocycles. The van der Waals surface area contributed by atoms with Crippen molar-refractivity contribution in [2.75, 3.05) is 15.9 Å². The van der Waals surface area contributed by atoms with E-state index in [1.165, 1.54) is 12.1 Å². The topological polar surface area (TPSA) is 131 Å². The van der Waals surface area contributed by atoms with Gasteiger partial charge in [0.25, 0.3) is 5.69 Å². The van der Waals surface area contributed by atoms with E-state index in [1.807, 2.05) is 42.2 Å². The minimum Gasteiger partial charge on any atom is -0.459 e. The van der Waals surface area contributed by atoms with Gasteiger partial charge in [-0.05, 0) is 67.2 Å². The van der Waals surface area contributed by atoms with E-state index in [9.17, 15) is 18.5 Å². The van der Waals surface area contributed by atoms with Gasteiger partial charge in [-0.15, -0.1) is 0 Å². The Morgan fingerprint density at radius 1 is 1.11 bits per heavy atom. The zero-order valence-corrected chi connectivity index (χ0v) is 22.0. The molecule has 0 aliphatic carbocycles. The van der Waals surface area contributed by atoms with Crippen molar-refractivity contribution in [1.82, 2.24) is 10.3 Å². The fourth-order valence-corrected chi connectivity index (χ4v) is 5.45. The fourth-order valence-electron chi connectivity index (χ4n) is 4.47. The molecule has 5 rings (SSSR count). The third-order valence-electron chi connectivity index (χ3n) is 6.14. The number of thiocarbonyl (C=S) groups is 1. The average molecular weight is 550 g/mol. The van der Waals surface area contributed by atoms with Crippen molar-refractivity contribution in [2.45, 2.75) is 19.0 Å². The smallest absolute Gasteiger partial charge is 0.270 e. The lowest BCUT2D eigenvalue weighted by molar-refractivity contribution is -0.384. The first-order valence-electron chi connectivity index (χ1n) is 11.5. The van der Waals surface area contributed by atoms with Crippen LogP contribution < -0.4 is 14.9 Å². The number of nitro groups is 1. The maximum Gasteiger partial charge on any atom is 0.270 e. The normalized spacial score (nSPS) is 17.3. The van der Waals surface area contributed by atoms with Crippen LogP contribution >= 0.6 is 12.2 Å². The number of hydrogen-bond acceptors (Lipinski definition) is 7.